The highest BCUT2D eigenvalue weighted by Crippen LogP contribution is 2.52. The van der Waals surface area contributed by atoms with Crippen molar-refractivity contribution in [1.29, 1.82) is 0 Å². The van der Waals surface area contributed by atoms with Gasteiger partial charge in [0.1, 0.15) is 0 Å². The number of carbonyl (C=O) groups excluding carboxylic acids is 1. The van der Waals surface area contributed by atoms with Crippen LogP contribution in [0.1, 0.15) is 58.9 Å². The standard InChI is InChI=1S/C33H16N8.C12H18N2O3S/c1-2-10-18-17(9-1)25-34-27-19-11-3-4-12-20(19)29-36-31-23-15-7-8-16-24(23)32-37-30-22-14-6-5-13-21(22)28-35-26(18)38(25)33(39(27)29,40(28)30)41(31)32;1-12(2,3)10-7-5-9(6-8-10)11(15)13-14-18(4,16)17/h1-16H;5-8,14H,1-4H3,(H,13,15)/q+2;. The molecule has 6 aliphatic heterocycles. The van der Waals surface area contributed by atoms with Gasteiger partial charge >= 0.3 is 5.91 Å². The predicted molar refractivity (Wildman–Crippen MR) is 224 cm³/mol. The number of amidine groups is 4. The largest absolute Gasteiger partial charge is 0.404 e. The first-order valence-corrected chi connectivity index (χ1v) is 21.1. The lowest BCUT2D eigenvalue weighted by Gasteiger charge is -2.40. The Morgan fingerprint density at radius 2 is 1.03 bits per heavy atom. The molecule has 0 saturated heterocycles. The molecular weight excluding hydrogens is 761 g/mol. The average molecular weight is 795 g/mol. The lowest BCUT2D eigenvalue weighted by Crippen LogP contribution is -2.71. The fourth-order valence-corrected chi connectivity index (χ4v) is 9.49. The zero-order valence-corrected chi connectivity index (χ0v) is 33.1. The highest BCUT2D eigenvalue weighted by molar-refractivity contribution is 7.88. The number of aromatic nitrogens is 2. The van der Waals surface area contributed by atoms with E-state index in [0.29, 0.717) is 5.56 Å². The summed E-state index contributed by atoms with van der Waals surface area (Å²) in [5, 5.41) is 4.33. The van der Waals surface area contributed by atoms with Gasteiger partial charge in [-0.3, -0.25) is 10.2 Å². The lowest BCUT2D eigenvalue weighted by atomic mass is 9.87. The van der Waals surface area contributed by atoms with Gasteiger partial charge in [-0.15, -0.1) is 14.0 Å². The average Bonchev–Trinajstić information content (AvgIpc) is 3.95. The van der Waals surface area contributed by atoms with Crippen LogP contribution >= 0.6 is 0 Å². The molecule has 2 aromatic heterocycles. The summed E-state index contributed by atoms with van der Waals surface area (Å²) in [7, 11) is -3.44. The fourth-order valence-electron chi connectivity index (χ4n) is 9.21. The monoisotopic (exact) mass is 794 g/mol. The third kappa shape index (κ3) is 4.36. The Balaban J connectivity index is 0.000000179. The van der Waals surface area contributed by atoms with Gasteiger partial charge in [-0.25, -0.2) is 8.42 Å². The molecule has 0 unspecified atom stereocenters. The lowest BCUT2D eigenvalue weighted by molar-refractivity contribution is -0.790. The zero-order valence-electron chi connectivity index (χ0n) is 32.3. The Morgan fingerprint density at radius 3 is 1.49 bits per heavy atom. The van der Waals surface area contributed by atoms with Crippen LogP contribution in [0.25, 0.3) is 21.5 Å². The predicted octanol–water partition coefficient (Wildman–Crippen LogP) is 4.89. The number of nitrogens with one attached hydrogen (secondary N) is 2. The topological polar surface area (TPSA) is 141 Å². The number of hydrogen-bond donors (Lipinski definition) is 2. The second kappa shape index (κ2) is 11.3. The van der Waals surface area contributed by atoms with Crippen molar-refractivity contribution in [2.45, 2.75) is 32.1 Å². The summed E-state index contributed by atoms with van der Waals surface area (Å²) in [5.41, 5.74) is 9.77. The van der Waals surface area contributed by atoms with Crippen molar-refractivity contribution in [2.75, 3.05) is 6.26 Å². The molecule has 13 rings (SSSR count). The summed E-state index contributed by atoms with van der Waals surface area (Å²) in [6, 6.07) is 41.0. The number of carbonyl (C=O) groups is 1. The van der Waals surface area contributed by atoms with E-state index in [-0.39, 0.29) is 5.41 Å². The van der Waals surface area contributed by atoms with Gasteiger partial charge in [0, 0.05) is 27.1 Å². The van der Waals surface area contributed by atoms with E-state index in [1.807, 2.05) is 17.0 Å². The van der Waals surface area contributed by atoms with Crippen molar-refractivity contribution >= 4 is 72.5 Å². The van der Waals surface area contributed by atoms with Crippen LogP contribution in [0.3, 0.4) is 0 Å². The van der Waals surface area contributed by atoms with E-state index >= 15 is 0 Å². The van der Waals surface area contributed by atoms with E-state index in [1.165, 1.54) is 0 Å². The Kier molecular flexibility index (Phi) is 6.48. The van der Waals surface area contributed by atoms with E-state index in [4.69, 9.17) is 20.0 Å². The molecule has 0 atom stereocenters. The molecule has 0 radical (unpaired) electrons. The van der Waals surface area contributed by atoms with Crippen molar-refractivity contribution in [3.05, 3.63) is 166 Å². The number of sulfonamides is 1. The van der Waals surface area contributed by atoms with Crippen LogP contribution in [0.4, 0.5) is 11.6 Å². The van der Waals surface area contributed by atoms with Gasteiger partial charge in [0.2, 0.25) is 32.6 Å². The van der Waals surface area contributed by atoms with Gasteiger partial charge in [0.15, 0.2) is 0 Å². The molecule has 5 aromatic carbocycles. The van der Waals surface area contributed by atoms with E-state index in [1.54, 1.807) is 12.1 Å². The molecule has 0 fully saturated rings. The van der Waals surface area contributed by atoms with Gasteiger partial charge in [-0.2, -0.15) is 9.13 Å². The minimum Gasteiger partial charge on any atom is -0.274 e. The molecule has 0 bridgehead atoms. The molecule has 0 saturated carbocycles. The molecule has 8 heterocycles. The van der Waals surface area contributed by atoms with Gasteiger partial charge in [0.05, 0.1) is 28.5 Å². The molecule has 6 aliphatic rings. The second-order valence-corrected chi connectivity index (χ2v) is 18.1. The van der Waals surface area contributed by atoms with Crippen molar-refractivity contribution in [3.8, 4) is 0 Å². The Morgan fingerprint density at radius 1 is 0.593 bits per heavy atom. The Hall–Kier alpha value is -7.16. The summed E-state index contributed by atoms with van der Waals surface area (Å²) in [5.74, 6) is 3.98. The molecule has 14 heteroatoms. The minimum atomic E-state index is -3.44. The van der Waals surface area contributed by atoms with Crippen molar-refractivity contribution in [3.63, 3.8) is 0 Å². The summed E-state index contributed by atoms with van der Waals surface area (Å²) in [6.07, 6.45) is 0.968. The van der Waals surface area contributed by atoms with Gasteiger partial charge in [-0.1, -0.05) is 101 Å². The van der Waals surface area contributed by atoms with E-state index in [9.17, 15) is 13.2 Å². The molecule has 13 nitrogen and oxygen atoms in total. The normalized spacial score (nSPS) is 16.5. The Labute approximate surface area is 337 Å². The van der Waals surface area contributed by atoms with Crippen LogP contribution in [0.15, 0.2) is 141 Å². The number of hydrazine groups is 1. The van der Waals surface area contributed by atoms with Crippen molar-refractivity contribution in [2.24, 2.45) is 20.0 Å². The number of rotatable bonds is 3. The van der Waals surface area contributed by atoms with E-state index in [2.05, 4.69) is 142 Å². The highest BCUT2D eigenvalue weighted by Gasteiger charge is 2.69. The molecule has 0 aliphatic carbocycles. The summed E-state index contributed by atoms with van der Waals surface area (Å²) < 4.78 is 31.0. The van der Waals surface area contributed by atoms with Crippen LogP contribution in [-0.4, -0.2) is 62.2 Å². The van der Waals surface area contributed by atoms with E-state index in [0.717, 1.165) is 102 Å². The molecule has 2 N–H and O–H groups in total. The molecule has 59 heavy (non-hydrogen) atoms. The molecular formula is C45H34N10O3S+2. The number of aliphatic imine (C=N–C) groups is 2. The van der Waals surface area contributed by atoms with Gasteiger partial charge in [0.25, 0.3) is 29.2 Å². The van der Waals surface area contributed by atoms with Crippen LogP contribution < -0.4 is 21.2 Å². The first-order chi connectivity index (χ1) is 28.4. The fraction of sp³-hybridized carbons (Fsp3) is 0.133. The zero-order chi connectivity index (χ0) is 40.2. The van der Waals surface area contributed by atoms with Gasteiger partial charge < -0.3 is 0 Å². The smallest absolute Gasteiger partial charge is 0.274 e. The Bertz CT molecular complexity index is 3350. The number of hydrogen-bond acceptors (Lipinski definition) is 7. The minimum absolute atomic E-state index is 0.0139. The van der Waals surface area contributed by atoms with Crippen LogP contribution in [0.2, 0.25) is 0 Å². The summed E-state index contributed by atoms with van der Waals surface area (Å²) in [6.45, 7) is 6.23. The van der Waals surface area contributed by atoms with Crippen LogP contribution in [0, 0.1) is 0 Å². The van der Waals surface area contributed by atoms with Crippen molar-refractivity contribution < 1.29 is 22.4 Å². The maximum Gasteiger partial charge on any atom is 0.404 e. The second-order valence-electron chi connectivity index (χ2n) is 16.3. The van der Waals surface area contributed by atoms with Crippen molar-refractivity contribution in [1.82, 2.24) is 19.4 Å². The number of benzene rings is 5. The quantitative estimate of drug-likeness (QED) is 0.195. The molecule has 1 amide bonds. The van der Waals surface area contributed by atoms with E-state index < -0.39 is 21.8 Å². The molecule has 1 spiro atoms. The SMILES string of the molecule is CC(C)(C)c1ccc(C(=O)NNS(C)(=O)=O)cc1.c1ccc2c(c1)C1=Nc3c4ccccc4c4n3C35n6c(c7ccccc7c6=NC6=[N+]3C(=N4)c3ccccc36)=NC2=[N+]15. The van der Waals surface area contributed by atoms with Gasteiger partial charge in [-0.05, 0) is 71.6 Å². The van der Waals surface area contributed by atoms with Crippen LogP contribution in [-0.2, 0) is 21.3 Å². The number of nitrogens with zero attached hydrogens (tertiary/aromatic N) is 8. The maximum atomic E-state index is 11.6. The summed E-state index contributed by atoms with van der Waals surface area (Å²) >= 11 is 0. The first kappa shape index (κ1) is 33.9. The highest BCUT2D eigenvalue weighted by atomic mass is 32.2. The molecule has 286 valence electrons. The van der Waals surface area contributed by atoms with Crippen LogP contribution in [0.5, 0.6) is 0 Å². The first-order valence-electron chi connectivity index (χ1n) is 19.3. The number of amides is 1. The molecule has 7 aromatic rings. The third-order valence-electron chi connectivity index (χ3n) is 11.7. The third-order valence-corrected chi connectivity index (χ3v) is 12.2. The maximum absolute atomic E-state index is 11.6. The summed E-state index contributed by atoms with van der Waals surface area (Å²) in [4.78, 5) is 35.2. The number of fused-ring (bicyclic) bond motifs is 12.